The Hall–Kier alpha value is -2.40. The number of rotatable bonds is 3. The molecule has 0 saturated heterocycles. The number of benzene rings is 1. The van der Waals surface area contributed by atoms with Gasteiger partial charge in [-0.15, -0.1) is 0 Å². The van der Waals surface area contributed by atoms with Gasteiger partial charge in [0, 0.05) is 12.7 Å². The van der Waals surface area contributed by atoms with Gasteiger partial charge in [0.1, 0.15) is 5.15 Å². The predicted octanol–water partition coefficient (Wildman–Crippen LogP) is 3.36. The van der Waals surface area contributed by atoms with Gasteiger partial charge in [-0.05, 0) is 31.2 Å². The first-order chi connectivity index (χ1) is 10.2. The molecular formula is C15H13ClN4O. The molecule has 0 saturated carbocycles. The highest BCUT2D eigenvalue weighted by Crippen LogP contribution is 2.19. The van der Waals surface area contributed by atoms with Crippen molar-refractivity contribution in [3.05, 3.63) is 53.3 Å². The lowest BCUT2D eigenvalue weighted by atomic mass is 10.3. The third-order valence-corrected chi connectivity index (χ3v) is 3.41. The van der Waals surface area contributed by atoms with Crippen LogP contribution >= 0.6 is 11.6 Å². The molecule has 1 N–H and O–H groups in total. The number of carbonyl (C=O) groups excluding carboxylic acids is 1. The van der Waals surface area contributed by atoms with Crippen LogP contribution < -0.4 is 5.32 Å². The maximum atomic E-state index is 12.2. The summed E-state index contributed by atoms with van der Waals surface area (Å²) in [5.74, 6) is 0.267. The van der Waals surface area contributed by atoms with Gasteiger partial charge >= 0.3 is 0 Å². The number of aryl methyl sites for hydroxylation is 1. The Labute approximate surface area is 126 Å². The van der Waals surface area contributed by atoms with Gasteiger partial charge < -0.3 is 4.57 Å². The zero-order valence-corrected chi connectivity index (χ0v) is 12.1. The van der Waals surface area contributed by atoms with E-state index in [4.69, 9.17) is 11.6 Å². The van der Waals surface area contributed by atoms with Crippen molar-refractivity contribution in [3.8, 4) is 0 Å². The Balaban J connectivity index is 1.94. The number of pyridine rings is 1. The molecule has 0 aliphatic carbocycles. The number of hydrogen-bond acceptors (Lipinski definition) is 3. The Morgan fingerprint density at radius 3 is 2.81 bits per heavy atom. The SMILES string of the molecule is CCn1c(NC(=O)c2ccc(Cl)nc2)nc2ccccc21. The summed E-state index contributed by atoms with van der Waals surface area (Å²) in [7, 11) is 0. The van der Waals surface area contributed by atoms with E-state index in [1.807, 2.05) is 35.8 Å². The summed E-state index contributed by atoms with van der Waals surface area (Å²) in [5, 5.41) is 3.17. The highest BCUT2D eigenvalue weighted by molar-refractivity contribution is 6.29. The monoisotopic (exact) mass is 300 g/mol. The Kier molecular flexibility index (Phi) is 3.58. The van der Waals surface area contributed by atoms with Crippen molar-refractivity contribution in [2.45, 2.75) is 13.5 Å². The molecule has 5 nitrogen and oxygen atoms in total. The first-order valence-corrected chi connectivity index (χ1v) is 6.95. The van der Waals surface area contributed by atoms with Crippen LogP contribution in [0.25, 0.3) is 11.0 Å². The van der Waals surface area contributed by atoms with Crippen molar-refractivity contribution in [2.75, 3.05) is 5.32 Å². The molecule has 0 radical (unpaired) electrons. The van der Waals surface area contributed by atoms with E-state index in [1.54, 1.807) is 12.1 Å². The number of para-hydroxylation sites is 2. The van der Waals surface area contributed by atoms with Crippen LogP contribution in [0.2, 0.25) is 5.15 Å². The largest absolute Gasteiger partial charge is 0.310 e. The summed E-state index contributed by atoms with van der Waals surface area (Å²) in [6.45, 7) is 2.72. The molecule has 1 aromatic carbocycles. The summed E-state index contributed by atoms with van der Waals surface area (Å²) in [6.07, 6.45) is 1.44. The summed E-state index contributed by atoms with van der Waals surface area (Å²) < 4.78 is 1.95. The van der Waals surface area contributed by atoms with Crippen molar-refractivity contribution in [3.63, 3.8) is 0 Å². The second-order valence-corrected chi connectivity index (χ2v) is 4.88. The van der Waals surface area contributed by atoms with Crippen molar-refractivity contribution in [1.82, 2.24) is 14.5 Å². The lowest BCUT2D eigenvalue weighted by Gasteiger charge is -2.07. The van der Waals surface area contributed by atoms with Crippen LogP contribution in [0.3, 0.4) is 0 Å². The second-order valence-electron chi connectivity index (χ2n) is 4.49. The zero-order valence-electron chi connectivity index (χ0n) is 11.4. The molecule has 3 rings (SSSR count). The maximum Gasteiger partial charge on any atom is 0.259 e. The van der Waals surface area contributed by atoms with Crippen molar-refractivity contribution in [1.29, 1.82) is 0 Å². The van der Waals surface area contributed by atoms with Crippen LogP contribution in [0.15, 0.2) is 42.6 Å². The molecule has 0 spiro atoms. The average molecular weight is 301 g/mol. The fourth-order valence-corrected chi connectivity index (χ4v) is 2.29. The molecular weight excluding hydrogens is 288 g/mol. The lowest BCUT2D eigenvalue weighted by molar-refractivity contribution is 0.102. The highest BCUT2D eigenvalue weighted by atomic mass is 35.5. The molecule has 0 bridgehead atoms. The Morgan fingerprint density at radius 1 is 1.29 bits per heavy atom. The van der Waals surface area contributed by atoms with E-state index in [0.29, 0.717) is 16.7 Å². The van der Waals surface area contributed by atoms with E-state index in [1.165, 1.54) is 6.20 Å². The van der Waals surface area contributed by atoms with E-state index >= 15 is 0 Å². The minimum absolute atomic E-state index is 0.260. The number of nitrogens with one attached hydrogen (secondary N) is 1. The average Bonchev–Trinajstić information content (AvgIpc) is 2.84. The molecule has 6 heteroatoms. The standard InChI is InChI=1S/C15H13ClN4O/c1-2-20-12-6-4-3-5-11(12)18-15(20)19-14(21)10-7-8-13(16)17-9-10/h3-9H,2H2,1H3,(H,18,19,21). The van der Waals surface area contributed by atoms with Crippen LogP contribution in [0.5, 0.6) is 0 Å². The normalized spacial score (nSPS) is 10.8. The summed E-state index contributed by atoms with van der Waals surface area (Å²) in [6, 6.07) is 11.0. The predicted molar refractivity (Wildman–Crippen MR) is 82.6 cm³/mol. The van der Waals surface area contributed by atoms with Crippen LogP contribution in [0.1, 0.15) is 17.3 Å². The van der Waals surface area contributed by atoms with Crippen molar-refractivity contribution in [2.24, 2.45) is 0 Å². The van der Waals surface area contributed by atoms with E-state index < -0.39 is 0 Å². The van der Waals surface area contributed by atoms with Crippen LogP contribution in [0.4, 0.5) is 5.95 Å². The molecule has 0 fully saturated rings. The number of nitrogens with zero attached hydrogens (tertiary/aromatic N) is 3. The van der Waals surface area contributed by atoms with Gasteiger partial charge in [-0.3, -0.25) is 10.1 Å². The number of carbonyl (C=O) groups is 1. The topological polar surface area (TPSA) is 59.8 Å². The molecule has 0 aliphatic heterocycles. The van der Waals surface area contributed by atoms with Gasteiger partial charge in [0.2, 0.25) is 5.95 Å². The summed E-state index contributed by atoms with van der Waals surface area (Å²) >= 11 is 5.72. The Bertz CT molecular complexity index is 795. The molecule has 0 unspecified atom stereocenters. The number of amides is 1. The molecule has 2 heterocycles. The van der Waals surface area contributed by atoms with E-state index in [2.05, 4.69) is 15.3 Å². The number of anilines is 1. The van der Waals surface area contributed by atoms with E-state index in [0.717, 1.165) is 17.6 Å². The van der Waals surface area contributed by atoms with Crippen LogP contribution in [0, 0.1) is 0 Å². The second kappa shape index (κ2) is 5.54. The third-order valence-electron chi connectivity index (χ3n) is 3.19. The molecule has 0 aliphatic rings. The van der Waals surface area contributed by atoms with Crippen molar-refractivity contribution < 1.29 is 4.79 Å². The minimum atomic E-state index is -0.260. The molecule has 1 amide bonds. The molecule has 0 atom stereocenters. The van der Waals surface area contributed by atoms with Crippen LogP contribution in [-0.4, -0.2) is 20.4 Å². The number of fused-ring (bicyclic) bond motifs is 1. The van der Waals surface area contributed by atoms with E-state index in [-0.39, 0.29) is 5.91 Å². The number of imidazole rings is 1. The number of aromatic nitrogens is 3. The van der Waals surface area contributed by atoms with E-state index in [9.17, 15) is 4.79 Å². The van der Waals surface area contributed by atoms with Gasteiger partial charge in [-0.2, -0.15) is 0 Å². The highest BCUT2D eigenvalue weighted by Gasteiger charge is 2.13. The number of hydrogen-bond donors (Lipinski definition) is 1. The maximum absolute atomic E-state index is 12.2. The first-order valence-electron chi connectivity index (χ1n) is 6.57. The van der Waals surface area contributed by atoms with Gasteiger partial charge in [0.15, 0.2) is 0 Å². The van der Waals surface area contributed by atoms with Crippen molar-refractivity contribution >= 4 is 34.5 Å². The molecule has 106 valence electrons. The summed E-state index contributed by atoms with van der Waals surface area (Å²) in [5.41, 5.74) is 2.28. The lowest BCUT2D eigenvalue weighted by Crippen LogP contribution is -2.16. The quantitative estimate of drug-likeness (QED) is 0.755. The Morgan fingerprint density at radius 2 is 2.10 bits per heavy atom. The molecule has 21 heavy (non-hydrogen) atoms. The smallest absolute Gasteiger partial charge is 0.259 e. The summed E-state index contributed by atoms with van der Waals surface area (Å²) in [4.78, 5) is 20.6. The van der Waals surface area contributed by atoms with Gasteiger partial charge in [0.25, 0.3) is 5.91 Å². The first kappa shape index (κ1) is 13.6. The fourth-order valence-electron chi connectivity index (χ4n) is 2.17. The van der Waals surface area contributed by atoms with Gasteiger partial charge in [-0.1, -0.05) is 23.7 Å². The number of halogens is 1. The molecule has 2 aromatic heterocycles. The molecule has 3 aromatic rings. The van der Waals surface area contributed by atoms with Gasteiger partial charge in [0.05, 0.1) is 16.6 Å². The third kappa shape index (κ3) is 2.60. The fraction of sp³-hybridized carbons (Fsp3) is 0.133. The minimum Gasteiger partial charge on any atom is -0.310 e. The van der Waals surface area contributed by atoms with Crippen LogP contribution in [-0.2, 0) is 6.54 Å². The van der Waals surface area contributed by atoms with Gasteiger partial charge in [-0.25, -0.2) is 9.97 Å². The zero-order chi connectivity index (χ0) is 14.8.